The van der Waals surface area contributed by atoms with Crippen molar-refractivity contribution in [2.24, 2.45) is 11.8 Å². The first kappa shape index (κ1) is 16.1. The maximum Gasteiger partial charge on any atom is 0.227 e. The van der Waals surface area contributed by atoms with Gasteiger partial charge >= 0.3 is 0 Å². The molecule has 1 aromatic heterocycles. The van der Waals surface area contributed by atoms with E-state index in [2.05, 4.69) is 40.6 Å². The zero-order valence-electron chi connectivity index (χ0n) is 14.7. The zero-order chi connectivity index (χ0) is 17.2. The van der Waals surface area contributed by atoms with E-state index >= 15 is 0 Å². The van der Waals surface area contributed by atoms with E-state index in [0.29, 0.717) is 5.92 Å². The molecule has 1 N–H and O–H groups in total. The molecule has 0 spiro atoms. The van der Waals surface area contributed by atoms with Crippen molar-refractivity contribution in [1.29, 1.82) is 0 Å². The summed E-state index contributed by atoms with van der Waals surface area (Å²) in [7, 11) is 0. The summed E-state index contributed by atoms with van der Waals surface area (Å²) in [5, 5.41) is 5.87. The maximum atomic E-state index is 12.8. The molecule has 0 saturated heterocycles. The van der Waals surface area contributed by atoms with Crippen molar-refractivity contribution in [3.8, 4) is 0 Å². The number of carbonyl (C=O) groups is 1. The molecule has 0 bridgehead atoms. The van der Waals surface area contributed by atoms with Gasteiger partial charge in [-0.3, -0.25) is 9.78 Å². The van der Waals surface area contributed by atoms with E-state index < -0.39 is 0 Å². The number of hydrogen-bond acceptors (Lipinski definition) is 2. The van der Waals surface area contributed by atoms with Gasteiger partial charge in [-0.05, 0) is 67.5 Å². The normalized spacial score (nSPS) is 22.2. The number of amides is 1. The Morgan fingerprint density at radius 1 is 1.16 bits per heavy atom. The van der Waals surface area contributed by atoms with Gasteiger partial charge in [0.25, 0.3) is 0 Å². The number of nitrogens with zero attached hydrogens (tertiary/aromatic N) is 1. The molecule has 128 valence electrons. The molecule has 1 fully saturated rings. The summed E-state index contributed by atoms with van der Waals surface area (Å²) < 4.78 is 0. The molecule has 1 amide bonds. The lowest BCUT2D eigenvalue weighted by Crippen LogP contribution is -2.33. The first-order valence-electron chi connectivity index (χ1n) is 9.23. The summed E-state index contributed by atoms with van der Waals surface area (Å²) in [4.78, 5) is 17.0. The number of hydrogen-bond donors (Lipinski definition) is 1. The van der Waals surface area contributed by atoms with Crippen LogP contribution in [-0.4, -0.2) is 10.9 Å². The minimum Gasteiger partial charge on any atom is -0.324 e. The summed E-state index contributed by atoms with van der Waals surface area (Å²) >= 11 is 0. The van der Waals surface area contributed by atoms with Crippen LogP contribution in [-0.2, 0) is 4.79 Å². The van der Waals surface area contributed by atoms with Crippen LogP contribution < -0.4 is 15.8 Å². The summed E-state index contributed by atoms with van der Waals surface area (Å²) in [5.74, 6) is 0.773. The lowest BCUT2D eigenvalue weighted by Gasteiger charge is -2.30. The summed E-state index contributed by atoms with van der Waals surface area (Å²) in [6, 6.07) is 12.5. The summed E-state index contributed by atoms with van der Waals surface area (Å²) in [5.41, 5.74) is 3.27. The van der Waals surface area contributed by atoms with Gasteiger partial charge in [0.05, 0.1) is 11.4 Å². The molecule has 1 saturated carbocycles. The van der Waals surface area contributed by atoms with E-state index in [1.165, 1.54) is 10.4 Å². The minimum absolute atomic E-state index is 0.0959. The molecular formula is C22H24N2O. The summed E-state index contributed by atoms with van der Waals surface area (Å²) in [6.07, 6.45) is 9.29. The number of nitrogens with one attached hydrogen (secondary N) is 1. The molecule has 0 radical (unpaired) electrons. The second kappa shape index (κ2) is 6.83. The highest BCUT2D eigenvalue weighted by atomic mass is 16.1. The number of pyridine rings is 1. The van der Waals surface area contributed by atoms with E-state index in [4.69, 9.17) is 0 Å². The minimum atomic E-state index is 0.0959. The molecule has 0 aliphatic heterocycles. The van der Waals surface area contributed by atoms with Crippen molar-refractivity contribution in [3.63, 3.8) is 0 Å². The number of anilines is 1. The molecule has 2 aliphatic rings. The van der Waals surface area contributed by atoms with Crippen LogP contribution in [0.4, 0.5) is 5.69 Å². The Hall–Kier alpha value is -2.42. The van der Waals surface area contributed by atoms with Crippen LogP contribution in [0.1, 0.15) is 37.8 Å². The standard InChI is InChI=1S/C22H24N2O/c1-15-21(10-5-13-23-15)24-22(25)18-11-12-20-17(14-18)8-4-7-16-6-2-3-9-19(16)20/h2-3,5-7,9-10,13,17-18H,4,8,11-12,14H2,1H3,(H,24,25). The Kier molecular flexibility index (Phi) is 4.39. The van der Waals surface area contributed by atoms with Crippen molar-refractivity contribution in [1.82, 2.24) is 4.98 Å². The number of fused-ring (bicyclic) bond motifs is 2. The second-order valence-electron chi connectivity index (χ2n) is 7.19. The van der Waals surface area contributed by atoms with Gasteiger partial charge in [-0.15, -0.1) is 0 Å². The van der Waals surface area contributed by atoms with Gasteiger partial charge in [-0.1, -0.05) is 35.9 Å². The molecule has 25 heavy (non-hydrogen) atoms. The monoisotopic (exact) mass is 332 g/mol. The fraction of sp³-hybridized carbons (Fsp3) is 0.364. The van der Waals surface area contributed by atoms with Gasteiger partial charge in [0.2, 0.25) is 5.91 Å². The molecule has 2 aromatic rings. The Labute approximate surface area is 148 Å². The molecule has 3 heteroatoms. The van der Waals surface area contributed by atoms with Crippen LogP contribution in [0.3, 0.4) is 0 Å². The SMILES string of the molecule is Cc1ncccc1NC(=O)C1CCC2=c3ccccc3=CCCC2C1. The largest absolute Gasteiger partial charge is 0.324 e. The predicted molar refractivity (Wildman–Crippen MR) is 101 cm³/mol. The number of carbonyl (C=O) groups excluding carboxylic acids is 1. The lowest BCUT2D eigenvalue weighted by atomic mass is 9.75. The fourth-order valence-corrected chi connectivity index (χ4v) is 4.28. The number of rotatable bonds is 2. The van der Waals surface area contributed by atoms with Gasteiger partial charge in [0, 0.05) is 12.1 Å². The first-order chi connectivity index (χ1) is 12.2. The van der Waals surface area contributed by atoms with Crippen LogP contribution in [0.15, 0.2) is 42.6 Å². The Morgan fingerprint density at radius 2 is 2.04 bits per heavy atom. The van der Waals surface area contributed by atoms with E-state index in [9.17, 15) is 4.79 Å². The van der Waals surface area contributed by atoms with E-state index in [0.717, 1.165) is 43.5 Å². The van der Waals surface area contributed by atoms with Crippen LogP contribution in [0.2, 0.25) is 0 Å². The van der Waals surface area contributed by atoms with Crippen molar-refractivity contribution < 1.29 is 4.79 Å². The van der Waals surface area contributed by atoms with Gasteiger partial charge in [0.1, 0.15) is 0 Å². The van der Waals surface area contributed by atoms with Gasteiger partial charge in [-0.25, -0.2) is 0 Å². The van der Waals surface area contributed by atoms with E-state index in [-0.39, 0.29) is 11.8 Å². The van der Waals surface area contributed by atoms with Crippen LogP contribution >= 0.6 is 0 Å². The third-order valence-corrected chi connectivity index (χ3v) is 5.65. The third-order valence-electron chi connectivity index (χ3n) is 5.65. The molecule has 3 nitrogen and oxygen atoms in total. The quantitative estimate of drug-likeness (QED) is 0.918. The number of benzene rings is 1. The fourth-order valence-electron chi connectivity index (χ4n) is 4.28. The topological polar surface area (TPSA) is 42.0 Å². The third kappa shape index (κ3) is 3.23. The maximum absolute atomic E-state index is 12.8. The predicted octanol–water partition coefficient (Wildman–Crippen LogP) is 3.17. The molecule has 1 heterocycles. The van der Waals surface area contributed by atoms with Crippen molar-refractivity contribution in [2.45, 2.75) is 39.0 Å². The van der Waals surface area contributed by atoms with Crippen LogP contribution in [0.25, 0.3) is 11.6 Å². The number of aryl methyl sites for hydroxylation is 1. The molecular weight excluding hydrogens is 308 g/mol. The highest BCUT2D eigenvalue weighted by molar-refractivity contribution is 5.93. The molecule has 1 aromatic carbocycles. The van der Waals surface area contributed by atoms with Crippen LogP contribution in [0, 0.1) is 18.8 Å². The van der Waals surface area contributed by atoms with Crippen LogP contribution in [0.5, 0.6) is 0 Å². The highest BCUT2D eigenvalue weighted by Crippen LogP contribution is 2.37. The van der Waals surface area contributed by atoms with Crippen molar-refractivity contribution in [3.05, 3.63) is 58.7 Å². The average molecular weight is 332 g/mol. The van der Waals surface area contributed by atoms with Gasteiger partial charge in [-0.2, -0.15) is 0 Å². The first-order valence-corrected chi connectivity index (χ1v) is 9.23. The van der Waals surface area contributed by atoms with Crippen molar-refractivity contribution >= 4 is 23.2 Å². The summed E-state index contributed by atoms with van der Waals surface area (Å²) in [6.45, 7) is 1.93. The zero-order valence-corrected chi connectivity index (χ0v) is 14.7. The molecule has 2 unspecified atom stereocenters. The lowest BCUT2D eigenvalue weighted by molar-refractivity contribution is -0.120. The van der Waals surface area contributed by atoms with Gasteiger partial charge < -0.3 is 5.32 Å². The Morgan fingerprint density at radius 3 is 2.92 bits per heavy atom. The molecule has 2 atom stereocenters. The van der Waals surface area contributed by atoms with Gasteiger partial charge in [0.15, 0.2) is 0 Å². The smallest absolute Gasteiger partial charge is 0.227 e. The Balaban J connectivity index is 1.55. The van der Waals surface area contributed by atoms with E-state index in [1.54, 1.807) is 11.8 Å². The Bertz CT molecular complexity index is 916. The molecule has 4 rings (SSSR count). The highest BCUT2D eigenvalue weighted by Gasteiger charge is 2.31. The average Bonchev–Trinajstić information content (AvgIpc) is 2.82. The molecule has 2 aliphatic carbocycles. The second-order valence-corrected chi connectivity index (χ2v) is 7.19. The van der Waals surface area contributed by atoms with Crippen molar-refractivity contribution in [2.75, 3.05) is 5.32 Å². The number of aromatic nitrogens is 1. The van der Waals surface area contributed by atoms with E-state index in [1.807, 2.05) is 19.1 Å².